The molecule has 1 aromatic rings. The Balaban J connectivity index is 1.44. The van der Waals surface area contributed by atoms with Crippen molar-refractivity contribution in [3.8, 4) is 0 Å². The molecule has 1 spiro atoms. The Morgan fingerprint density at radius 3 is 2.62 bits per heavy atom. The van der Waals surface area contributed by atoms with Crippen LogP contribution in [0.4, 0.5) is 4.39 Å². The third-order valence-electron chi connectivity index (χ3n) is 5.00. The van der Waals surface area contributed by atoms with E-state index in [1.807, 2.05) is 0 Å². The molecule has 1 aliphatic heterocycles. The molecule has 1 atom stereocenters. The van der Waals surface area contributed by atoms with Crippen molar-refractivity contribution in [2.24, 2.45) is 5.92 Å². The maximum Gasteiger partial charge on any atom is 0.306 e. The third-order valence-corrected chi connectivity index (χ3v) is 5.00. The van der Waals surface area contributed by atoms with E-state index in [2.05, 4.69) is 5.32 Å². The summed E-state index contributed by atoms with van der Waals surface area (Å²) in [6.45, 7) is 0.551. The number of aliphatic carboxylic acids is 1. The van der Waals surface area contributed by atoms with Crippen molar-refractivity contribution in [3.05, 3.63) is 35.6 Å². The van der Waals surface area contributed by atoms with Crippen molar-refractivity contribution in [1.29, 1.82) is 0 Å². The van der Waals surface area contributed by atoms with E-state index in [-0.39, 0.29) is 29.3 Å². The van der Waals surface area contributed by atoms with Gasteiger partial charge in [-0.25, -0.2) is 4.39 Å². The first-order chi connectivity index (χ1) is 11.5. The standard InChI is InChI=1S/C18H22FNO4/c19-14-4-1-12(2-5-14)3-6-16(21)20-15-7-8-24-18(11-15)9-13(10-18)17(22)23/h1-2,4-5,13,15H,3,6-11H2,(H,20,21)(H,22,23). The summed E-state index contributed by atoms with van der Waals surface area (Å²) >= 11 is 0. The minimum Gasteiger partial charge on any atom is -0.481 e. The summed E-state index contributed by atoms with van der Waals surface area (Å²) in [4.78, 5) is 23.1. The number of hydrogen-bond donors (Lipinski definition) is 2. The highest BCUT2D eigenvalue weighted by Gasteiger charge is 2.51. The number of hydrogen-bond acceptors (Lipinski definition) is 3. The van der Waals surface area contributed by atoms with Gasteiger partial charge in [0.2, 0.25) is 5.91 Å². The number of amides is 1. The molecule has 1 saturated heterocycles. The van der Waals surface area contributed by atoms with Crippen molar-refractivity contribution < 1.29 is 23.8 Å². The lowest BCUT2D eigenvalue weighted by atomic mass is 9.66. The average molecular weight is 335 g/mol. The highest BCUT2D eigenvalue weighted by Crippen LogP contribution is 2.46. The molecular weight excluding hydrogens is 313 g/mol. The molecule has 1 unspecified atom stereocenters. The van der Waals surface area contributed by atoms with Crippen LogP contribution in [-0.4, -0.2) is 35.2 Å². The van der Waals surface area contributed by atoms with Gasteiger partial charge >= 0.3 is 5.97 Å². The van der Waals surface area contributed by atoms with Gasteiger partial charge in [0.15, 0.2) is 0 Å². The number of carboxylic acids is 1. The SMILES string of the molecule is O=C(CCc1ccc(F)cc1)NC1CCOC2(C1)CC(C(=O)O)C2. The van der Waals surface area contributed by atoms with Crippen molar-refractivity contribution >= 4 is 11.9 Å². The van der Waals surface area contributed by atoms with Gasteiger partial charge in [0.1, 0.15) is 5.82 Å². The monoisotopic (exact) mass is 335 g/mol. The molecule has 1 aliphatic carbocycles. The molecule has 1 aromatic carbocycles. The van der Waals surface area contributed by atoms with E-state index < -0.39 is 5.97 Å². The average Bonchev–Trinajstić information content (AvgIpc) is 2.52. The van der Waals surface area contributed by atoms with E-state index in [4.69, 9.17) is 9.84 Å². The number of carboxylic acid groups (broad SMARTS) is 1. The normalized spacial score (nSPS) is 29.0. The molecule has 24 heavy (non-hydrogen) atoms. The molecule has 0 bridgehead atoms. The fourth-order valence-electron chi connectivity index (χ4n) is 3.66. The first-order valence-electron chi connectivity index (χ1n) is 8.36. The molecule has 130 valence electrons. The van der Waals surface area contributed by atoms with Crippen molar-refractivity contribution in [1.82, 2.24) is 5.32 Å². The molecule has 1 saturated carbocycles. The number of carbonyl (C=O) groups is 2. The molecule has 3 rings (SSSR count). The minimum atomic E-state index is -0.769. The van der Waals surface area contributed by atoms with E-state index in [0.717, 1.165) is 12.0 Å². The molecule has 0 radical (unpaired) electrons. The molecular formula is C18H22FNO4. The Kier molecular flexibility index (Phi) is 4.85. The Bertz CT molecular complexity index is 610. The van der Waals surface area contributed by atoms with Crippen molar-refractivity contribution in [2.45, 2.75) is 50.2 Å². The topological polar surface area (TPSA) is 75.6 Å². The van der Waals surface area contributed by atoms with Crippen molar-refractivity contribution in [3.63, 3.8) is 0 Å². The first kappa shape index (κ1) is 16.9. The smallest absolute Gasteiger partial charge is 0.306 e. The molecule has 2 aliphatic rings. The quantitative estimate of drug-likeness (QED) is 0.866. The maximum absolute atomic E-state index is 12.9. The van der Waals surface area contributed by atoms with Crippen LogP contribution in [0.5, 0.6) is 0 Å². The summed E-state index contributed by atoms with van der Waals surface area (Å²) in [6, 6.07) is 6.20. The molecule has 1 heterocycles. The number of ether oxygens (including phenoxy) is 1. The van der Waals surface area contributed by atoms with Gasteiger partial charge in [-0.3, -0.25) is 9.59 Å². The van der Waals surface area contributed by atoms with Gasteiger partial charge in [-0.05, 0) is 49.8 Å². The van der Waals surface area contributed by atoms with Crippen LogP contribution in [0, 0.1) is 11.7 Å². The van der Waals surface area contributed by atoms with Crippen LogP contribution < -0.4 is 5.32 Å². The van der Waals surface area contributed by atoms with Crippen LogP contribution in [0.25, 0.3) is 0 Å². The number of nitrogens with one attached hydrogen (secondary N) is 1. The zero-order chi connectivity index (χ0) is 17.2. The van der Waals surface area contributed by atoms with E-state index in [0.29, 0.717) is 38.7 Å². The number of benzene rings is 1. The van der Waals surface area contributed by atoms with Crippen LogP contribution in [0.1, 0.15) is 37.7 Å². The van der Waals surface area contributed by atoms with Gasteiger partial charge in [-0.15, -0.1) is 0 Å². The third kappa shape index (κ3) is 3.93. The summed E-state index contributed by atoms with van der Waals surface area (Å²) in [5.74, 6) is -1.40. The summed E-state index contributed by atoms with van der Waals surface area (Å²) in [7, 11) is 0. The van der Waals surface area contributed by atoms with Crippen LogP contribution in [0.15, 0.2) is 24.3 Å². The number of halogens is 1. The highest BCUT2D eigenvalue weighted by molar-refractivity contribution is 5.76. The fourth-order valence-corrected chi connectivity index (χ4v) is 3.66. The second kappa shape index (κ2) is 6.89. The Morgan fingerprint density at radius 2 is 1.96 bits per heavy atom. The summed E-state index contributed by atoms with van der Waals surface area (Å²) < 4.78 is 18.6. The molecule has 1 amide bonds. The predicted octanol–water partition coefficient (Wildman–Crippen LogP) is 2.29. The summed E-state index contributed by atoms with van der Waals surface area (Å²) in [6.07, 6.45) is 3.42. The van der Waals surface area contributed by atoms with E-state index in [1.165, 1.54) is 12.1 Å². The summed E-state index contributed by atoms with van der Waals surface area (Å²) in [5, 5.41) is 12.0. The Hall–Kier alpha value is -1.95. The van der Waals surface area contributed by atoms with Crippen molar-refractivity contribution in [2.75, 3.05) is 6.61 Å². The van der Waals surface area contributed by atoms with E-state index in [9.17, 15) is 14.0 Å². The lowest BCUT2D eigenvalue weighted by molar-refractivity contribution is -0.182. The fraction of sp³-hybridized carbons (Fsp3) is 0.556. The highest BCUT2D eigenvalue weighted by atomic mass is 19.1. The summed E-state index contributed by atoms with van der Waals surface area (Å²) in [5.41, 5.74) is 0.564. The Labute approximate surface area is 140 Å². The van der Waals surface area contributed by atoms with Crippen LogP contribution in [0.3, 0.4) is 0 Å². The zero-order valence-electron chi connectivity index (χ0n) is 13.5. The first-order valence-corrected chi connectivity index (χ1v) is 8.36. The van der Waals surface area contributed by atoms with Gasteiger partial charge in [0.25, 0.3) is 0 Å². The van der Waals surface area contributed by atoms with Gasteiger partial charge < -0.3 is 15.2 Å². The predicted molar refractivity (Wildman–Crippen MR) is 84.9 cm³/mol. The van der Waals surface area contributed by atoms with Crippen LogP contribution >= 0.6 is 0 Å². The van der Waals surface area contributed by atoms with Gasteiger partial charge in [0.05, 0.1) is 11.5 Å². The van der Waals surface area contributed by atoms with Gasteiger partial charge in [0, 0.05) is 19.1 Å². The van der Waals surface area contributed by atoms with Gasteiger partial charge in [-0.2, -0.15) is 0 Å². The molecule has 2 fully saturated rings. The second-order valence-corrected chi connectivity index (χ2v) is 6.86. The lowest BCUT2D eigenvalue weighted by Crippen LogP contribution is -2.56. The molecule has 2 N–H and O–H groups in total. The van der Waals surface area contributed by atoms with Gasteiger partial charge in [-0.1, -0.05) is 12.1 Å². The van der Waals surface area contributed by atoms with Crippen LogP contribution in [0.2, 0.25) is 0 Å². The number of rotatable bonds is 5. The van der Waals surface area contributed by atoms with Crippen LogP contribution in [-0.2, 0) is 20.7 Å². The minimum absolute atomic E-state index is 0.0320. The largest absolute Gasteiger partial charge is 0.481 e. The molecule has 5 nitrogen and oxygen atoms in total. The molecule has 0 aromatic heterocycles. The molecule has 6 heteroatoms. The number of aryl methyl sites for hydroxylation is 1. The Morgan fingerprint density at radius 1 is 1.25 bits per heavy atom. The zero-order valence-corrected chi connectivity index (χ0v) is 13.5. The number of carbonyl (C=O) groups excluding carboxylic acids is 1. The van der Waals surface area contributed by atoms with E-state index in [1.54, 1.807) is 12.1 Å². The van der Waals surface area contributed by atoms with E-state index >= 15 is 0 Å². The second-order valence-electron chi connectivity index (χ2n) is 6.86. The lowest BCUT2D eigenvalue weighted by Gasteiger charge is -2.50. The maximum atomic E-state index is 12.9.